The first-order valence-electron chi connectivity index (χ1n) is 9.62. The Morgan fingerprint density at radius 2 is 2.00 bits per heavy atom. The molecule has 28 heavy (non-hydrogen) atoms. The van der Waals surface area contributed by atoms with Gasteiger partial charge in [-0.25, -0.2) is 4.98 Å². The number of nitrogens with zero attached hydrogens (tertiary/aromatic N) is 2. The zero-order valence-corrected chi connectivity index (χ0v) is 16.5. The van der Waals surface area contributed by atoms with Crippen molar-refractivity contribution in [2.75, 3.05) is 20.2 Å². The molecule has 0 aliphatic carbocycles. The largest absolute Gasteiger partial charge is 0.497 e. The molecule has 1 aliphatic rings. The molecule has 0 saturated carbocycles. The first-order chi connectivity index (χ1) is 13.6. The van der Waals surface area contributed by atoms with Crippen LogP contribution in [0.1, 0.15) is 18.1 Å². The molecule has 0 unspecified atom stereocenters. The molecule has 5 nitrogen and oxygen atoms in total. The number of hydrogen-bond donors (Lipinski definition) is 1. The van der Waals surface area contributed by atoms with E-state index < -0.39 is 0 Å². The van der Waals surface area contributed by atoms with Crippen molar-refractivity contribution in [3.8, 4) is 17.0 Å². The molecule has 4 rings (SSSR count). The van der Waals surface area contributed by atoms with Crippen LogP contribution in [0.5, 0.6) is 5.75 Å². The Balaban J connectivity index is 1.81. The van der Waals surface area contributed by atoms with Crippen LogP contribution in [-0.2, 0) is 11.3 Å². The van der Waals surface area contributed by atoms with Crippen molar-refractivity contribution in [3.63, 3.8) is 0 Å². The summed E-state index contributed by atoms with van der Waals surface area (Å²) in [4.78, 5) is 19.3. The van der Waals surface area contributed by atoms with E-state index in [2.05, 4.69) is 41.4 Å². The number of piperazine rings is 1. The van der Waals surface area contributed by atoms with Crippen LogP contribution in [-0.4, -0.2) is 42.0 Å². The number of nitrogens with one attached hydrogen (secondary N) is 1. The molecule has 1 N–H and O–H groups in total. The summed E-state index contributed by atoms with van der Waals surface area (Å²) in [5.41, 5.74) is 5.31. The Kier molecular flexibility index (Phi) is 5.01. The maximum Gasteiger partial charge on any atom is 0.237 e. The van der Waals surface area contributed by atoms with Crippen molar-refractivity contribution < 1.29 is 9.53 Å². The molecule has 144 valence electrons. The van der Waals surface area contributed by atoms with Gasteiger partial charge in [0.1, 0.15) is 5.75 Å². The van der Waals surface area contributed by atoms with E-state index >= 15 is 0 Å². The van der Waals surface area contributed by atoms with Crippen LogP contribution in [0.4, 0.5) is 0 Å². The monoisotopic (exact) mass is 375 g/mol. The summed E-state index contributed by atoms with van der Waals surface area (Å²) < 4.78 is 5.30. The molecular formula is C23H25N3O2. The molecule has 2 heterocycles. The van der Waals surface area contributed by atoms with Crippen molar-refractivity contribution in [1.82, 2.24) is 15.2 Å². The number of hydrogen-bond acceptors (Lipinski definition) is 4. The lowest BCUT2D eigenvalue weighted by atomic mass is 10.0. The van der Waals surface area contributed by atoms with E-state index in [1.165, 1.54) is 0 Å². The Labute approximate surface area is 165 Å². The predicted octanol–water partition coefficient (Wildman–Crippen LogP) is 3.54. The molecule has 1 aliphatic heterocycles. The van der Waals surface area contributed by atoms with Gasteiger partial charge in [0, 0.05) is 30.6 Å². The Morgan fingerprint density at radius 1 is 1.21 bits per heavy atom. The maximum absolute atomic E-state index is 12.1. The zero-order valence-electron chi connectivity index (χ0n) is 16.5. The molecule has 5 heteroatoms. The summed E-state index contributed by atoms with van der Waals surface area (Å²) in [7, 11) is 1.67. The van der Waals surface area contributed by atoms with Gasteiger partial charge < -0.3 is 10.1 Å². The Morgan fingerprint density at radius 3 is 2.75 bits per heavy atom. The van der Waals surface area contributed by atoms with Crippen molar-refractivity contribution in [2.45, 2.75) is 26.4 Å². The van der Waals surface area contributed by atoms with E-state index in [4.69, 9.17) is 9.72 Å². The first-order valence-corrected chi connectivity index (χ1v) is 9.62. The molecule has 0 radical (unpaired) electrons. The SMILES string of the molecule is COc1ccc(-c2nc3c(C)cccc3cc2CN2CCNC(=O)[C@H]2C)cc1. The van der Waals surface area contributed by atoms with E-state index in [-0.39, 0.29) is 11.9 Å². The standard InChI is InChI=1S/C23H25N3O2/c1-15-5-4-6-18-13-19(14-26-12-11-24-23(27)16(26)2)22(25-21(15)18)17-7-9-20(28-3)10-8-17/h4-10,13,16H,11-12,14H2,1-3H3,(H,24,27)/t16-/m1/s1. The predicted molar refractivity (Wildman–Crippen MR) is 111 cm³/mol. The van der Waals surface area contributed by atoms with Gasteiger partial charge in [0.2, 0.25) is 5.91 Å². The molecule has 0 spiro atoms. The van der Waals surface area contributed by atoms with Gasteiger partial charge in [-0.1, -0.05) is 18.2 Å². The van der Waals surface area contributed by atoms with E-state index in [9.17, 15) is 4.79 Å². The molecule has 1 fully saturated rings. The quantitative estimate of drug-likeness (QED) is 0.758. The number of aryl methyl sites for hydroxylation is 1. The van der Waals surface area contributed by atoms with Gasteiger partial charge in [-0.05, 0) is 55.3 Å². The summed E-state index contributed by atoms with van der Waals surface area (Å²) >= 11 is 0. The van der Waals surface area contributed by atoms with Crippen LogP contribution in [0.3, 0.4) is 0 Å². The lowest BCUT2D eigenvalue weighted by Crippen LogP contribution is -2.53. The van der Waals surface area contributed by atoms with Crippen molar-refractivity contribution in [3.05, 3.63) is 59.7 Å². The van der Waals surface area contributed by atoms with Gasteiger partial charge in [-0.15, -0.1) is 0 Å². The number of methoxy groups -OCH3 is 1. The second-order valence-corrected chi connectivity index (χ2v) is 7.31. The van der Waals surface area contributed by atoms with Crippen LogP contribution in [0.15, 0.2) is 48.5 Å². The first kappa shape index (κ1) is 18.4. The van der Waals surface area contributed by atoms with Gasteiger partial charge in [-0.3, -0.25) is 9.69 Å². The van der Waals surface area contributed by atoms with Gasteiger partial charge in [0.25, 0.3) is 0 Å². The number of amides is 1. The number of aromatic nitrogens is 1. The summed E-state index contributed by atoms with van der Waals surface area (Å²) in [5.74, 6) is 0.908. The van der Waals surface area contributed by atoms with Crippen LogP contribution in [0.2, 0.25) is 0 Å². The van der Waals surface area contributed by atoms with E-state index in [1.807, 2.05) is 31.2 Å². The fourth-order valence-corrected chi connectivity index (χ4v) is 3.77. The van der Waals surface area contributed by atoms with Crippen LogP contribution < -0.4 is 10.1 Å². The molecule has 1 saturated heterocycles. The topological polar surface area (TPSA) is 54.5 Å². The number of rotatable bonds is 4. The summed E-state index contributed by atoms with van der Waals surface area (Å²) in [5, 5.41) is 4.06. The van der Waals surface area contributed by atoms with Gasteiger partial charge in [0.05, 0.1) is 24.4 Å². The highest BCUT2D eigenvalue weighted by Gasteiger charge is 2.26. The molecule has 1 atom stereocenters. The van der Waals surface area contributed by atoms with E-state index in [1.54, 1.807) is 7.11 Å². The average molecular weight is 375 g/mol. The number of carbonyl (C=O) groups excluding carboxylic acids is 1. The average Bonchev–Trinajstić information content (AvgIpc) is 2.71. The summed E-state index contributed by atoms with van der Waals surface area (Å²) in [6, 6.07) is 16.3. The highest BCUT2D eigenvalue weighted by molar-refractivity contribution is 5.86. The van der Waals surface area contributed by atoms with Crippen LogP contribution in [0, 0.1) is 6.92 Å². The highest BCUT2D eigenvalue weighted by Crippen LogP contribution is 2.30. The smallest absolute Gasteiger partial charge is 0.237 e. The van der Waals surface area contributed by atoms with Crippen molar-refractivity contribution >= 4 is 16.8 Å². The molecule has 0 bridgehead atoms. The van der Waals surface area contributed by atoms with E-state index in [0.717, 1.165) is 45.6 Å². The second-order valence-electron chi connectivity index (χ2n) is 7.31. The van der Waals surface area contributed by atoms with Crippen molar-refractivity contribution in [1.29, 1.82) is 0 Å². The highest BCUT2D eigenvalue weighted by atomic mass is 16.5. The fraction of sp³-hybridized carbons (Fsp3) is 0.304. The normalized spacial score (nSPS) is 17.5. The molecule has 1 amide bonds. The minimum absolute atomic E-state index is 0.0850. The van der Waals surface area contributed by atoms with E-state index in [0.29, 0.717) is 13.1 Å². The zero-order chi connectivity index (χ0) is 19.7. The number of para-hydroxylation sites is 1. The maximum atomic E-state index is 12.1. The lowest BCUT2D eigenvalue weighted by molar-refractivity contribution is -0.128. The Bertz CT molecular complexity index is 1010. The van der Waals surface area contributed by atoms with Crippen molar-refractivity contribution in [2.24, 2.45) is 0 Å². The third kappa shape index (κ3) is 3.45. The van der Waals surface area contributed by atoms with Gasteiger partial charge in [0.15, 0.2) is 0 Å². The fourth-order valence-electron chi connectivity index (χ4n) is 3.77. The summed E-state index contributed by atoms with van der Waals surface area (Å²) in [6.07, 6.45) is 0. The third-order valence-corrected chi connectivity index (χ3v) is 5.49. The van der Waals surface area contributed by atoms with Gasteiger partial charge in [-0.2, -0.15) is 0 Å². The van der Waals surface area contributed by atoms with Gasteiger partial charge >= 0.3 is 0 Å². The number of fused-ring (bicyclic) bond motifs is 1. The number of benzene rings is 2. The number of pyridine rings is 1. The Hall–Kier alpha value is -2.92. The molecular weight excluding hydrogens is 350 g/mol. The van der Waals surface area contributed by atoms with Crippen LogP contribution in [0.25, 0.3) is 22.2 Å². The minimum Gasteiger partial charge on any atom is -0.497 e. The summed E-state index contributed by atoms with van der Waals surface area (Å²) in [6.45, 7) is 6.25. The minimum atomic E-state index is -0.148. The molecule has 1 aromatic heterocycles. The molecule has 2 aromatic carbocycles. The lowest BCUT2D eigenvalue weighted by Gasteiger charge is -2.33. The molecule has 3 aromatic rings. The number of carbonyl (C=O) groups is 1. The number of ether oxygens (including phenoxy) is 1. The third-order valence-electron chi connectivity index (χ3n) is 5.49. The second kappa shape index (κ2) is 7.60. The van der Waals surface area contributed by atoms with Crippen LogP contribution >= 0.6 is 0 Å².